The number of halogens is 2. The number of benzene rings is 4. The molecule has 0 bridgehead atoms. The molecule has 2 aromatic heterocycles. The van der Waals surface area contributed by atoms with Gasteiger partial charge in [-0.25, -0.2) is 19.6 Å². The standard InChI is InChI=1S/C48H42Cl2N4O6S2/c49-39-21-9-7-17-35(39)37-19-11-25-51-47(37)61-45(33-13-3-1-4-14-33)41-31-53(27-29-57-41)59-43(55)23-24-44(56)60-54-28-30-58-42(32-54)46(34-15-5-2-6-16-34)62-48-38(20-12-26-52-48)36-18-8-10-22-40(36)50/h1-26,41-42,45-46H,27-32H2/b24-23+/t41-,42-,45?,46?/m0/s1. The highest BCUT2D eigenvalue weighted by Crippen LogP contribution is 2.45. The molecule has 316 valence electrons. The van der Waals surface area contributed by atoms with Gasteiger partial charge in [-0.2, -0.15) is 0 Å². The van der Waals surface area contributed by atoms with Crippen molar-refractivity contribution in [1.82, 2.24) is 20.1 Å². The molecule has 0 amide bonds. The van der Waals surface area contributed by atoms with Crippen molar-refractivity contribution in [2.45, 2.75) is 32.8 Å². The van der Waals surface area contributed by atoms with Crippen LogP contribution in [0, 0.1) is 0 Å². The molecule has 0 saturated carbocycles. The molecule has 0 spiro atoms. The summed E-state index contributed by atoms with van der Waals surface area (Å²) in [7, 11) is 0. The van der Waals surface area contributed by atoms with Gasteiger partial charge in [-0.15, -0.1) is 10.1 Å². The molecule has 4 aromatic carbocycles. The zero-order valence-corrected chi connectivity index (χ0v) is 36.5. The van der Waals surface area contributed by atoms with Crippen LogP contribution >= 0.6 is 46.7 Å². The van der Waals surface area contributed by atoms with Crippen LogP contribution in [0.3, 0.4) is 0 Å². The van der Waals surface area contributed by atoms with Gasteiger partial charge in [0.2, 0.25) is 0 Å². The van der Waals surface area contributed by atoms with Gasteiger partial charge in [-0.3, -0.25) is 0 Å². The van der Waals surface area contributed by atoms with Crippen LogP contribution in [0.1, 0.15) is 21.6 Å². The average Bonchev–Trinajstić information content (AvgIpc) is 3.31. The zero-order valence-electron chi connectivity index (χ0n) is 33.4. The maximum atomic E-state index is 13.1. The highest BCUT2D eigenvalue weighted by atomic mass is 35.5. The number of morpholine rings is 2. The normalized spacial score (nSPS) is 18.2. The highest BCUT2D eigenvalue weighted by molar-refractivity contribution is 7.99. The van der Waals surface area contributed by atoms with Crippen LogP contribution in [0.4, 0.5) is 0 Å². The number of ether oxygens (including phenoxy) is 2. The van der Waals surface area contributed by atoms with Crippen LogP contribution in [0.15, 0.2) is 168 Å². The van der Waals surface area contributed by atoms with Gasteiger partial charge in [-0.05, 0) is 35.4 Å². The molecular weight excluding hydrogens is 864 g/mol. The third-order valence-corrected chi connectivity index (χ3v) is 13.6. The van der Waals surface area contributed by atoms with E-state index in [1.807, 2.05) is 109 Å². The molecule has 2 saturated heterocycles. The van der Waals surface area contributed by atoms with Crippen LogP contribution in [-0.2, 0) is 28.7 Å². The maximum Gasteiger partial charge on any atom is 0.349 e. The Kier molecular flexibility index (Phi) is 15.0. The number of carbonyl (C=O) groups is 2. The Morgan fingerprint density at radius 1 is 0.565 bits per heavy atom. The van der Waals surface area contributed by atoms with Crippen molar-refractivity contribution in [2.24, 2.45) is 0 Å². The number of hydrogen-bond acceptors (Lipinski definition) is 12. The monoisotopic (exact) mass is 904 g/mol. The van der Waals surface area contributed by atoms with Crippen molar-refractivity contribution in [3.05, 3.63) is 179 Å². The Hall–Kier alpha value is -5.02. The minimum absolute atomic E-state index is 0.204. The zero-order chi connectivity index (χ0) is 42.7. The summed E-state index contributed by atoms with van der Waals surface area (Å²) in [6.07, 6.45) is 4.95. The lowest BCUT2D eigenvalue weighted by atomic mass is 10.1. The van der Waals surface area contributed by atoms with Gasteiger partial charge < -0.3 is 19.1 Å². The lowest BCUT2D eigenvalue weighted by molar-refractivity contribution is -0.212. The van der Waals surface area contributed by atoms with Gasteiger partial charge in [0.1, 0.15) is 10.1 Å². The van der Waals surface area contributed by atoms with Gasteiger partial charge in [-0.1, -0.05) is 156 Å². The predicted octanol–water partition coefficient (Wildman–Crippen LogP) is 10.4. The van der Waals surface area contributed by atoms with Crippen LogP contribution in [0.25, 0.3) is 22.3 Å². The molecule has 2 aliphatic rings. The Morgan fingerprint density at radius 3 is 1.37 bits per heavy atom. The van der Waals surface area contributed by atoms with E-state index in [2.05, 4.69) is 24.3 Å². The summed E-state index contributed by atoms with van der Waals surface area (Å²) >= 11 is 16.4. The Labute approximate surface area is 379 Å². The number of rotatable bonds is 14. The van der Waals surface area contributed by atoms with E-state index in [1.54, 1.807) is 46.0 Å². The number of nitrogens with zero attached hydrogens (tertiary/aromatic N) is 4. The van der Waals surface area contributed by atoms with Crippen molar-refractivity contribution in [1.29, 1.82) is 0 Å². The molecule has 0 radical (unpaired) electrons. The van der Waals surface area contributed by atoms with Crippen LogP contribution in [-0.4, -0.2) is 83.6 Å². The lowest BCUT2D eigenvalue weighted by Gasteiger charge is -2.35. The fourth-order valence-corrected chi connectivity index (χ4v) is 10.3. The van der Waals surface area contributed by atoms with Crippen LogP contribution in [0.5, 0.6) is 0 Å². The molecule has 0 N–H and O–H groups in total. The molecule has 0 aliphatic carbocycles. The second kappa shape index (κ2) is 21.4. The fourth-order valence-electron chi connectivity index (χ4n) is 7.27. The fraction of sp³-hybridized carbons (Fsp3) is 0.208. The summed E-state index contributed by atoms with van der Waals surface area (Å²) in [5, 5.41) is 5.60. The number of hydroxylamine groups is 4. The van der Waals surface area contributed by atoms with Crippen molar-refractivity contribution in [3.8, 4) is 22.3 Å². The van der Waals surface area contributed by atoms with Crippen molar-refractivity contribution in [2.75, 3.05) is 39.4 Å². The molecule has 2 fully saturated rings. The molecule has 10 nitrogen and oxygen atoms in total. The van der Waals surface area contributed by atoms with Gasteiger partial charge in [0, 0.05) is 56.8 Å². The number of hydrogen-bond donors (Lipinski definition) is 0. The molecule has 4 atom stereocenters. The minimum Gasteiger partial charge on any atom is -0.374 e. The van der Waals surface area contributed by atoms with E-state index >= 15 is 0 Å². The summed E-state index contributed by atoms with van der Waals surface area (Å²) < 4.78 is 12.6. The quantitative estimate of drug-likeness (QED) is 0.0768. The van der Waals surface area contributed by atoms with E-state index < -0.39 is 11.9 Å². The van der Waals surface area contributed by atoms with Crippen LogP contribution < -0.4 is 0 Å². The Balaban J connectivity index is 0.901. The number of aromatic nitrogens is 2. The summed E-state index contributed by atoms with van der Waals surface area (Å²) in [6, 6.07) is 43.2. The maximum absolute atomic E-state index is 13.1. The second-order valence-corrected chi connectivity index (χ2v) is 17.4. The first-order chi connectivity index (χ1) is 30.4. The number of thioether (sulfide) groups is 2. The SMILES string of the molecule is O=C(/C=C/C(=O)ON1CCO[C@H](C(Sc2ncccc2-c2ccccc2Cl)c2ccccc2)C1)ON1CCO[C@H](C(Sc2ncccc2-c2ccccc2Cl)c2ccccc2)C1. The third kappa shape index (κ3) is 11.1. The first-order valence-corrected chi connectivity index (χ1v) is 22.6. The molecule has 4 heterocycles. The van der Waals surface area contributed by atoms with E-state index in [4.69, 9.17) is 52.3 Å². The third-order valence-electron chi connectivity index (χ3n) is 10.2. The minimum atomic E-state index is -0.706. The molecule has 62 heavy (non-hydrogen) atoms. The van der Waals surface area contributed by atoms with Gasteiger partial charge >= 0.3 is 11.9 Å². The predicted molar refractivity (Wildman–Crippen MR) is 243 cm³/mol. The first-order valence-electron chi connectivity index (χ1n) is 20.1. The lowest BCUT2D eigenvalue weighted by Crippen LogP contribution is -2.45. The average molecular weight is 906 g/mol. The first kappa shape index (κ1) is 43.6. The Bertz CT molecular complexity index is 2320. The number of pyridine rings is 2. The summed E-state index contributed by atoms with van der Waals surface area (Å²) in [5.74, 6) is -1.41. The van der Waals surface area contributed by atoms with Crippen molar-refractivity contribution in [3.63, 3.8) is 0 Å². The summed E-state index contributed by atoms with van der Waals surface area (Å²) in [5.41, 5.74) is 5.66. The van der Waals surface area contributed by atoms with E-state index in [1.165, 1.54) is 0 Å². The van der Waals surface area contributed by atoms with E-state index in [0.29, 0.717) is 49.4 Å². The van der Waals surface area contributed by atoms with Gasteiger partial charge in [0.15, 0.2) is 0 Å². The highest BCUT2D eigenvalue weighted by Gasteiger charge is 2.34. The van der Waals surface area contributed by atoms with Gasteiger partial charge in [0.05, 0.1) is 62.1 Å². The smallest absolute Gasteiger partial charge is 0.349 e. The summed E-state index contributed by atoms with van der Waals surface area (Å²) in [6.45, 7) is 1.95. The molecule has 6 aromatic rings. The summed E-state index contributed by atoms with van der Waals surface area (Å²) in [4.78, 5) is 47.2. The molecule has 2 unspecified atom stereocenters. The van der Waals surface area contributed by atoms with Crippen molar-refractivity contribution < 1.29 is 28.7 Å². The molecule has 2 aliphatic heterocycles. The topological polar surface area (TPSA) is 103 Å². The van der Waals surface area contributed by atoms with E-state index in [0.717, 1.165) is 55.6 Å². The molecule has 8 rings (SSSR count). The van der Waals surface area contributed by atoms with E-state index in [9.17, 15) is 9.59 Å². The second-order valence-electron chi connectivity index (χ2n) is 14.3. The van der Waals surface area contributed by atoms with Gasteiger partial charge in [0.25, 0.3) is 0 Å². The molecular formula is C48H42Cl2N4O6S2. The number of carbonyl (C=O) groups excluding carboxylic acids is 2. The molecule has 14 heteroatoms. The Morgan fingerprint density at radius 2 is 0.952 bits per heavy atom. The largest absolute Gasteiger partial charge is 0.374 e. The van der Waals surface area contributed by atoms with E-state index in [-0.39, 0.29) is 22.7 Å². The van der Waals surface area contributed by atoms with Crippen LogP contribution in [0.2, 0.25) is 10.0 Å². The van der Waals surface area contributed by atoms with Crippen molar-refractivity contribution >= 4 is 58.7 Å².